The maximum absolute atomic E-state index is 13.9. The normalized spacial score (nSPS) is 18.8. The van der Waals surface area contributed by atoms with Crippen LogP contribution in [0.25, 0.3) is 0 Å². The van der Waals surface area contributed by atoms with Crippen LogP contribution >= 0.6 is 0 Å². The zero-order valence-corrected chi connectivity index (χ0v) is 17.0. The first kappa shape index (κ1) is 22.2. The number of piperidine rings is 2. The van der Waals surface area contributed by atoms with Gasteiger partial charge in [-0.05, 0) is 37.8 Å². The van der Waals surface area contributed by atoms with E-state index >= 15 is 0 Å². The molecule has 1 spiro atoms. The maximum atomic E-state index is 13.9. The molecule has 2 aromatic rings. The predicted octanol–water partition coefficient (Wildman–Crippen LogP) is 4.25. The van der Waals surface area contributed by atoms with E-state index in [1.165, 1.54) is 12.1 Å². The lowest BCUT2D eigenvalue weighted by molar-refractivity contribution is -0.154. The van der Waals surface area contributed by atoms with Crippen LogP contribution in [0.1, 0.15) is 32.1 Å². The summed E-state index contributed by atoms with van der Waals surface area (Å²) in [6.07, 6.45) is -0.503. The van der Waals surface area contributed by atoms with Crippen LogP contribution in [-0.2, 0) is 4.79 Å². The van der Waals surface area contributed by atoms with E-state index in [9.17, 15) is 26.7 Å². The Kier molecular flexibility index (Phi) is 5.91. The van der Waals surface area contributed by atoms with Gasteiger partial charge in [0.05, 0.1) is 5.54 Å². The van der Waals surface area contributed by atoms with Crippen molar-refractivity contribution < 1.29 is 31.5 Å². The number of nitrogens with zero attached hydrogens (tertiary/aromatic N) is 4. The fourth-order valence-electron chi connectivity index (χ4n) is 4.46. The molecular formula is C21H21F5N4O2. The van der Waals surface area contributed by atoms with E-state index in [0.29, 0.717) is 50.3 Å². The van der Waals surface area contributed by atoms with Crippen molar-refractivity contribution in [1.82, 2.24) is 9.97 Å². The number of alkyl halides is 3. The summed E-state index contributed by atoms with van der Waals surface area (Å²) in [4.78, 5) is 24.1. The summed E-state index contributed by atoms with van der Waals surface area (Å²) in [6, 6.07) is 4.81. The Labute approximate surface area is 181 Å². The van der Waals surface area contributed by atoms with Crippen LogP contribution in [0.15, 0.2) is 30.6 Å². The van der Waals surface area contributed by atoms with Gasteiger partial charge in [-0.25, -0.2) is 18.7 Å². The number of carbonyl (C=O) groups is 1. The van der Waals surface area contributed by atoms with Gasteiger partial charge in [0, 0.05) is 37.3 Å². The largest absolute Gasteiger partial charge is 0.468 e. The molecule has 0 bridgehead atoms. The SMILES string of the molecule is O=C1CCCC2(CCN(c3cc(OCC(F)(F)F)ncn3)CC2)N1c1ccc(F)c(F)c1. The molecular weight excluding hydrogens is 435 g/mol. The van der Waals surface area contributed by atoms with E-state index in [1.807, 2.05) is 4.90 Å². The molecule has 0 aliphatic carbocycles. The third-order valence-corrected chi connectivity index (χ3v) is 5.95. The van der Waals surface area contributed by atoms with Gasteiger partial charge in [0.1, 0.15) is 12.1 Å². The molecule has 172 valence electrons. The first-order chi connectivity index (χ1) is 15.2. The lowest BCUT2D eigenvalue weighted by Crippen LogP contribution is -2.60. The van der Waals surface area contributed by atoms with Crippen molar-refractivity contribution in [3.63, 3.8) is 0 Å². The standard InChI is InChI=1S/C21H21F5N4O2/c22-15-4-3-14(10-16(15)23)30-19(31)2-1-5-20(30)6-8-29(9-7-20)17-11-18(28-13-27-17)32-12-21(24,25)26/h3-4,10-11,13H,1-2,5-9,12H2. The second-order valence-corrected chi connectivity index (χ2v) is 8.01. The second-order valence-electron chi connectivity index (χ2n) is 8.01. The zero-order chi connectivity index (χ0) is 22.9. The maximum Gasteiger partial charge on any atom is 0.422 e. The highest BCUT2D eigenvalue weighted by atomic mass is 19.4. The van der Waals surface area contributed by atoms with Crippen molar-refractivity contribution in [1.29, 1.82) is 0 Å². The highest BCUT2D eigenvalue weighted by molar-refractivity contribution is 5.95. The van der Waals surface area contributed by atoms with Gasteiger partial charge in [0.15, 0.2) is 18.2 Å². The summed E-state index contributed by atoms with van der Waals surface area (Å²) >= 11 is 0. The third kappa shape index (κ3) is 4.61. The second kappa shape index (κ2) is 8.51. The van der Waals surface area contributed by atoms with Crippen molar-refractivity contribution in [3.05, 3.63) is 42.2 Å². The number of rotatable bonds is 4. The van der Waals surface area contributed by atoms with Gasteiger partial charge in [-0.3, -0.25) is 4.79 Å². The highest BCUT2D eigenvalue weighted by Gasteiger charge is 2.45. The van der Waals surface area contributed by atoms with Gasteiger partial charge in [0.2, 0.25) is 11.8 Å². The van der Waals surface area contributed by atoms with Crippen LogP contribution in [0.4, 0.5) is 33.5 Å². The summed E-state index contributed by atoms with van der Waals surface area (Å²) in [6.45, 7) is -0.496. The number of hydrogen-bond donors (Lipinski definition) is 0. The Bertz CT molecular complexity index is 992. The van der Waals surface area contributed by atoms with Crippen molar-refractivity contribution in [3.8, 4) is 5.88 Å². The number of ether oxygens (including phenoxy) is 1. The van der Waals surface area contributed by atoms with Crippen LogP contribution in [0.2, 0.25) is 0 Å². The Morgan fingerprint density at radius 2 is 1.78 bits per heavy atom. The molecule has 2 aliphatic heterocycles. The third-order valence-electron chi connectivity index (χ3n) is 5.95. The van der Waals surface area contributed by atoms with E-state index in [1.54, 1.807) is 4.90 Å². The Morgan fingerprint density at radius 1 is 1.03 bits per heavy atom. The van der Waals surface area contributed by atoms with Crippen molar-refractivity contribution >= 4 is 17.4 Å². The first-order valence-electron chi connectivity index (χ1n) is 10.2. The molecule has 2 fully saturated rings. The number of benzene rings is 1. The van der Waals surface area contributed by atoms with E-state index in [2.05, 4.69) is 9.97 Å². The molecule has 4 rings (SSSR count). The zero-order valence-electron chi connectivity index (χ0n) is 17.0. The molecule has 11 heteroatoms. The van der Waals surface area contributed by atoms with Gasteiger partial charge >= 0.3 is 6.18 Å². The van der Waals surface area contributed by atoms with Crippen LogP contribution in [0.5, 0.6) is 5.88 Å². The van der Waals surface area contributed by atoms with Crippen molar-refractivity contribution in [2.45, 2.75) is 43.8 Å². The molecule has 0 saturated carbocycles. The minimum Gasteiger partial charge on any atom is -0.468 e. The molecule has 0 radical (unpaired) electrons. The summed E-state index contributed by atoms with van der Waals surface area (Å²) in [7, 11) is 0. The van der Waals surface area contributed by atoms with Crippen LogP contribution in [0, 0.1) is 11.6 Å². The molecule has 2 aliphatic rings. The minimum atomic E-state index is -4.47. The van der Waals surface area contributed by atoms with E-state index in [0.717, 1.165) is 24.9 Å². The fourth-order valence-corrected chi connectivity index (χ4v) is 4.46. The lowest BCUT2D eigenvalue weighted by atomic mass is 9.78. The molecule has 1 aromatic heterocycles. The number of aromatic nitrogens is 2. The van der Waals surface area contributed by atoms with Crippen molar-refractivity contribution in [2.75, 3.05) is 29.5 Å². The molecule has 1 amide bonds. The number of carbonyl (C=O) groups excluding carboxylic acids is 1. The fraction of sp³-hybridized carbons (Fsp3) is 0.476. The first-order valence-corrected chi connectivity index (χ1v) is 10.2. The Balaban J connectivity index is 1.51. The average Bonchev–Trinajstić information content (AvgIpc) is 2.75. The molecule has 2 saturated heterocycles. The number of halogens is 5. The van der Waals surface area contributed by atoms with E-state index in [-0.39, 0.29) is 11.8 Å². The summed E-state index contributed by atoms with van der Waals surface area (Å²) in [5.74, 6) is -1.88. The summed E-state index contributed by atoms with van der Waals surface area (Å²) < 4.78 is 69.2. The van der Waals surface area contributed by atoms with Gasteiger partial charge in [-0.1, -0.05) is 0 Å². The molecule has 3 heterocycles. The smallest absolute Gasteiger partial charge is 0.422 e. The Hall–Kier alpha value is -2.98. The predicted molar refractivity (Wildman–Crippen MR) is 105 cm³/mol. The summed E-state index contributed by atoms with van der Waals surface area (Å²) in [5, 5.41) is 0. The summed E-state index contributed by atoms with van der Waals surface area (Å²) in [5.41, 5.74) is -0.217. The molecule has 0 atom stereocenters. The highest BCUT2D eigenvalue weighted by Crippen LogP contribution is 2.42. The van der Waals surface area contributed by atoms with Crippen LogP contribution in [-0.4, -0.2) is 47.3 Å². The molecule has 32 heavy (non-hydrogen) atoms. The van der Waals surface area contributed by atoms with E-state index < -0.39 is 30.0 Å². The Morgan fingerprint density at radius 3 is 2.47 bits per heavy atom. The molecule has 0 N–H and O–H groups in total. The van der Waals surface area contributed by atoms with E-state index in [4.69, 9.17) is 4.74 Å². The minimum absolute atomic E-state index is 0.138. The number of anilines is 2. The number of hydrogen-bond acceptors (Lipinski definition) is 5. The number of amides is 1. The quantitative estimate of drug-likeness (QED) is 0.644. The van der Waals surface area contributed by atoms with Crippen LogP contribution < -0.4 is 14.5 Å². The van der Waals surface area contributed by atoms with Crippen molar-refractivity contribution in [2.24, 2.45) is 0 Å². The van der Waals surface area contributed by atoms with Gasteiger partial charge in [0.25, 0.3) is 0 Å². The average molecular weight is 456 g/mol. The van der Waals surface area contributed by atoms with Gasteiger partial charge in [-0.2, -0.15) is 13.2 Å². The lowest BCUT2D eigenvalue weighted by Gasteiger charge is -2.51. The molecule has 6 nitrogen and oxygen atoms in total. The van der Waals surface area contributed by atoms with Crippen LogP contribution in [0.3, 0.4) is 0 Å². The molecule has 0 unspecified atom stereocenters. The molecule has 1 aromatic carbocycles. The van der Waals surface area contributed by atoms with Gasteiger partial charge in [-0.15, -0.1) is 0 Å². The monoisotopic (exact) mass is 456 g/mol. The topological polar surface area (TPSA) is 58.6 Å². The van der Waals surface area contributed by atoms with Gasteiger partial charge < -0.3 is 14.5 Å².